The maximum absolute atomic E-state index is 13.4. The summed E-state index contributed by atoms with van der Waals surface area (Å²) in [7, 11) is 0. The molecule has 0 atom stereocenters. The van der Waals surface area contributed by atoms with Crippen LogP contribution in [-0.2, 0) is 4.79 Å². The van der Waals surface area contributed by atoms with Crippen LogP contribution in [0.4, 0.5) is 0 Å². The van der Waals surface area contributed by atoms with Crippen molar-refractivity contribution in [3.05, 3.63) is 22.3 Å². The van der Waals surface area contributed by atoms with E-state index in [0.717, 1.165) is 17.6 Å². The van der Waals surface area contributed by atoms with Gasteiger partial charge in [0.1, 0.15) is 0 Å². The molecule has 1 aliphatic carbocycles. The molecule has 23 heavy (non-hydrogen) atoms. The first-order valence-corrected chi connectivity index (χ1v) is 8.91. The molecule has 0 amide bonds. The fourth-order valence-corrected chi connectivity index (χ4v) is 3.65. The molecule has 0 N–H and O–H groups in total. The molecule has 0 bridgehead atoms. The van der Waals surface area contributed by atoms with Crippen LogP contribution in [0.3, 0.4) is 0 Å². The van der Waals surface area contributed by atoms with Crippen molar-refractivity contribution < 1.29 is 4.79 Å². The van der Waals surface area contributed by atoms with Crippen LogP contribution >= 0.6 is 0 Å². The molecule has 0 unspecified atom stereocenters. The Labute approximate surface area is 144 Å². The van der Waals surface area contributed by atoms with E-state index in [2.05, 4.69) is 83.1 Å². The van der Waals surface area contributed by atoms with Crippen molar-refractivity contribution in [3.8, 4) is 0 Å². The van der Waals surface area contributed by atoms with Gasteiger partial charge in [0.25, 0.3) is 0 Å². The Morgan fingerprint density at radius 3 is 1.17 bits per heavy atom. The van der Waals surface area contributed by atoms with Crippen molar-refractivity contribution in [1.82, 2.24) is 0 Å². The summed E-state index contributed by atoms with van der Waals surface area (Å²) in [6.07, 6.45) is 0.845. The fourth-order valence-electron chi connectivity index (χ4n) is 3.65. The Morgan fingerprint density at radius 1 is 0.565 bits per heavy atom. The van der Waals surface area contributed by atoms with Gasteiger partial charge in [0.2, 0.25) is 0 Å². The van der Waals surface area contributed by atoms with Gasteiger partial charge in [0.05, 0.1) is 0 Å². The normalized spacial score (nSPS) is 18.3. The van der Waals surface area contributed by atoms with Crippen molar-refractivity contribution in [2.75, 3.05) is 0 Å². The number of allylic oxidation sites excluding steroid dienone is 4. The summed E-state index contributed by atoms with van der Waals surface area (Å²) < 4.78 is 0. The zero-order valence-electron chi connectivity index (χ0n) is 17.6. The quantitative estimate of drug-likeness (QED) is 0.523. The van der Waals surface area contributed by atoms with Crippen LogP contribution in [0.2, 0.25) is 0 Å². The van der Waals surface area contributed by atoms with E-state index in [1.54, 1.807) is 0 Å². The summed E-state index contributed by atoms with van der Waals surface area (Å²) in [5, 5.41) is 0. The number of ketones is 1. The third-order valence-electron chi connectivity index (χ3n) is 4.26. The molecule has 0 radical (unpaired) electrons. The van der Waals surface area contributed by atoms with Crippen molar-refractivity contribution in [3.63, 3.8) is 0 Å². The zero-order chi connectivity index (χ0) is 18.6. The molecule has 1 aliphatic rings. The molecule has 0 aliphatic heterocycles. The molecule has 0 aromatic rings. The number of Topliss-reactive ketones (excluding diaryl/α,β-unsaturated/α-hetero) is 1. The van der Waals surface area contributed by atoms with E-state index in [0.29, 0.717) is 5.78 Å². The number of hydrogen-bond donors (Lipinski definition) is 0. The third-order valence-corrected chi connectivity index (χ3v) is 4.26. The van der Waals surface area contributed by atoms with Gasteiger partial charge in [-0.3, -0.25) is 4.79 Å². The second-order valence-electron chi connectivity index (χ2n) is 11.4. The third kappa shape index (κ3) is 4.37. The summed E-state index contributed by atoms with van der Waals surface area (Å²) >= 11 is 0. The lowest BCUT2D eigenvalue weighted by atomic mass is 9.69. The van der Waals surface area contributed by atoms with Crippen LogP contribution in [0.15, 0.2) is 22.3 Å². The molecule has 0 spiro atoms. The molecule has 1 rings (SSSR count). The maximum atomic E-state index is 13.4. The monoisotopic (exact) mass is 318 g/mol. The van der Waals surface area contributed by atoms with E-state index in [1.807, 2.05) is 0 Å². The standard InChI is InChI=1S/C22H38O/c1-19(2,3)13-14-15(20(4,5)6)16(21(7,8)9)17(18(14)23)22(10,11)12/h13H2,1-12H3. The minimum atomic E-state index is -0.129. The van der Waals surface area contributed by atoms with Crippen LogP contribution in [0.1, 0.15) is 89.5 Å². The summed E-state index contributed by atoms with van der Waals surface area (Å²) in [6.45, 7) is 26.7. The lowest BCUT2D eigenvalue weighted by molar-refractivity contribution is -0.113. The van der Waals surface area contributed by atoms with E-state index >= 15 is 0 Å². The molecule has 0 aromatic carbocycles. The molecule has 0 heterocycles. The highest BCUT2D eigenvalue weighted by Crippen LogP contribution is 2.53. The van der Waals surface area contributed by atoms with Crippen LogP contribution in [0.25, 0.3) is 0 Å². The van der Waals surface area contributed by atoms with Gasteiger partial charge in [-0.25, -0.2) is 0 Å². The predicted molar refractivity (Wildman–Crippen MR) is 101 cm³/mol. The fraction of sp³-hybridized carbons (Fsp3) is 0.773. The lowest BCUT2D eigenvalue weighted by Gasteiger charge is -2.35. The van der Waals surface area contributed by atoms with E-state index in [4.69, 9.17) is 0 Å². The van der Waals surface area contributed by atoms with Crippen molar-refractivity contribution in [2.24, 2.45) is 21.7 Å². The van der Waals surface area contributed by atoms with E-state index in [1.165, 1.54) is 11.1 Å². The first-order valence-electron chi connectivity index (χ1n) is 8.91. The second kappa shape index (κ2) is 5.60. The van der Waals surface area contributed by atoms with Gasteiger partial charge in [-0.2, -0.15) is 0 Å². The minimum Gasteiger partial charge on any atom is -0.289 e. The molecule has 1 heteroatoms. The van der Waals surface area contributed by atoms with Gasteiger partial charge in [-0.15, -0.1) is 0 Å². The zero-order valence-corrected chi connectivity index (χ0v) is 17.6. The predicted octanol–water partition coefficient (Wildman–Crippen LogP) is 6.74. The Balaban J connectivity index is 3.80. The first-order chi connectivity index (χ1) is 9.87. The second-order valence-corrected chi connectivity index (χ2v) is 11.4. The molecular formula is C22H38O. The maximum Gasteiger partial charge on any atom is 0.186 e. The molecule has 1 nitrogen and oxygen atoms in total. The van der Waals surface area contributed by atoms with Crippen LogP contribution in [-0.4, -0.2) is 5.78 Å². The van der Waals surface area contributed by atoms with Gasteiger partial charge in [-0.1, -0.05) is 83.1 Å². The summed E-state index contributed by atoms with van der Waals surface area (Å²) in [6, 6.07) is 0. The molecule has 0 fully saturated rings. The average Bonchev–Trinajstić information content (AvgIpc) is 2.47. The first kappa shape index (κ1) is 20.2. The minimum absolute atomic E-state index is 0.0220. The summed E-state index contributed by atoms with van der Waals surface area (Å²) in [5.74, 6) is 0.294. The SMILES string of the molecule is CC(C)(C)CC1=C(C(C)(C)C)C(C(C)(C)C)=C(C(C)(C)C)C1=O. The molecular weight excluding hydrogens is 280 g/mol. The molecule has 132 valence electrons. The molecule has 0 saturated carbocycles. The van der Waals surface area contributed by atoms with Gasteiger partial charge >= 0.3 is 0 Å². The summed E-state index contributed by atoms with van der Waals surface area (Å²) in [4.78, 5) is 13.4. The van der Waals surface area contributed by atoms with Gasteiger partial charge in [0, 0.05) is 11.1 Å². The largest absolute Gasteiger partial charge is 0.289 e. The molecule has 0 aromatic heterocycles. The number of hydrogen-bond acceptors (Lipinski definition) is 1. The smallest absolute Gasteiger partial charge is 0.186 e. The van der Waals surface area contributed by atoms with Crippen LogP contribution in [0, 0.1) is 21.7 Å². The number of carbonyl (C=O) groups is 1. The van der Waals surface area contributed by atoms with E-state index in [-0.39, 0.29) is 21.7 Å². The highest BCUT2D eigenvalue weighted by atomic mass is 16.1. The van der Waals surface area contributed by atoms with Crippen molar-refractivity contribution >= 4 is 5.78 Å². The topological polar surface area (TPSA) is 17.1 Å². The van der Waals surface area contributed by atoms with Gasteiger partial charge in [0.15, 0.2) is 5.78 Å². The Kier molecular flexibility index (Phi) is 4.92. The number of rotatable bonds is 1. The van der Waals surface area contributed by atoms with E-state index < -0.39 is 0 Å². The van der Waals surface area contributed by atoms with Crippen molar-refractivity contribution in [2.45, 2.75) is 89.5 Å². The van der Waals surface area contributed by atoms with Gasteiger partial charge in [-0.05, 0) is 39.2 Å². The van der Waals surface area contributed by atoms with Gasteiger partial charge < -0.3 is 0 Å². The van der Waals surface area contributed by atoms with E-state index in [9.17, 15) is 4.79 Å². The Morgan fingerprint density at radius 2 is 0.913 bits per heavy atom. The summed E-state index contributed by atoms with van der Waals surface area (Å²) in [5.41, 5.74) is 4.62. The average molecular weight is 319 g/mol. The highest BCUT2D eigenvalue weighted by Gasteiger charge is 2.45. The Bertz CT molecular complexity index is 555. The number of carbonyl (C=O) groups excluding carboxylic acids is 1. The molecule has 0 saturated heterocycles. The Hall–Kier alpha value is -0.850. The van der Waals surface area contributed by atoms with Crippen molar-refractivity contribution in [1.29, 1.82) is 0 Å². The highest BCUT2D eigenvalue weighted by molar-refractivity contribution is 6.14. The van der Waals surface area contributed by atoms with Crippen LogP contribution < -0.4 is 0 Å². The lowest BCUT2D eigenvalue weighted by Crippen LogP contribution is -2.24. The van der Waals surface area contributed by atoms with Crippen LogP contribution in [0.5, 0.6) is 0 Å².